The second-order valence-electron chi connectivity index (χ2n) is 3.94. The van der Waals surface area contributed by atoms with Crippen molar-refractivity contribution >= 4 is 5.78 Å². The molecule has 1 saturated heterocycles. The van der Waals surface area contributed by atoms with E-state index in [1.807, 2.05) is 6.92 Å². The Bertz CT molecular complexity index is 148. The van der Waals surface area contributed by atoms with E-state index in [4.69, 9.17) is 0 Å². The van der Waals surface area contributed by atoms with Gasteiger partial charge in [-0.3, -0.25) is 9.69 Å². The SMILES string of the molecule is CCC(=O)CN1CCCCCCC1. The minimum Gasteiger partial charge on any atom is -0.298 e. The number of likely N-dealkylation sites (tertiary alicyclic amines) is 1. The molecule has 0 bridgehead atoms. The molecule has 0 spiro atoms. The van der Waals surface area contributed by atoms with Crippen LogP contribution < -0.4 is 0 Å². The highest BCUT2D eigenvalue weighted by atomic mass is 16.1. The van der Waals surface area contributed by atoms with Crippen molar-refractivity contribution < 1.29 is 4.79 Å². The van der Waals surface area contributed by atoms with Crippen molar-refractivity contribution in [2.45, 2.75) is 45.4 Å². The molecular weight excluding hydrogens is 162 g/mol. The molecule has 1 aliphatic heterocycles. The quantitative estimate of drug-likeness (QED) is 0.668. The average molecular weight is 183 g/mol. The Morgan fingerprint density at radius 3 is 2.15 bits per heavy atom. The fourth-order valence-electron chi connectivity index (χ4n) is 1.83. The highest BCUT2D eigenvalue weighted by Gasteiger charge is 2.10. The number of hydrogen-bond donors (Lipinski definition) is 0. The molecule has 76 valence electrons. The monoisotopic (exact) mass is 183 g/mol. The van der Waals surface area contributed by atoms with Gasteiger partial charge in [-0.1, -0.05) is 26.2 Å². The number of carbonyl (C=O) groups excluding carboxylic acids is 1. The highest BCUT2D eigenvalue weighted by Crippen LogP contribution is 2.10. The van der Waals surface area contributed by atoms with Gasteiger partial charge in [-0.15, -0.1) is 0 Å². The van der Waals surface area contributed by atoms with Gasteiger partial charge in [0.25, 0.3) is 0 Å². The molecule has 1 heterocycles. The Labute approximate surface area is 81.3 Å². The maximum atomic E-state index is 11.2. The summed E-state index contributed by atoms with van der Waals surface area (Å²) in [4.78, 5) is 13.6. The molecule has 0 radical (unpaired) electrons. The first kappa shape index (κ1) is 10.7. The predicted octanol–water partition coefficient (Wildman–Crippen LogP) is 2.23. The number of ketones is 1. The Morgan fingerprint density at radius 2 is 1.62 bits per heavy atom. The van der Waals surface area contributed by atoms with E-state index in [1.54, 1.807) is 0 Å². The molecule has 0 N–H and O–H groups in total. The summed E-state index contributed by atoms with van der Waals surface area (Å²) in [5.74, 6) is 0.389. The molecular formula is C11H21NO. The summed E-state index contributed by atoms with van der Waals surface area (Å²) in [6.07, 6.45) is 7.31. The zero-order chi connectivity index (χ0) is 9.52. The summed E-state index contributed by atoms with van der Waals surface area (Å²) in [6, 6.07) is 0. The van der Waals surface area contributed by atoms with E-state index in [0.29, 0.717) is 18.7 Å². The molecule has 2 heteroatoms. The number of Topliss-reactive ketones (excluding diaryl/α,β-unsaturated/α-hetero) is 1. The van der Waals surface area contributed by atoms with Crippen LogP contribution in [0.15, 0.2) is 0 Å². The van der Waals surface area contributed by atoms with Crippen LogP contribution in [0.25, 0.3) is 0 Å². The van der Waals surface area contributed by atoms with E-state index in [9.17, 15) is 4.79 Å². The molecule has 0 saturated carbocycles. The summed E-state index contributed by atoms with van der Waals surface area (Å²) in [7, 11) is 0. The largest absolute Gasteiger partial charge is 0.298 e. The van der Waals surface area contributed by atoms with E-state index in [2.05, 4.69) is 4.90 Å². The van der Waals surface area contributed by atoms with Crippen molar-refractivity contribution in [2.24, 2.45) is 0 Å². The van der Waals surface area contributed by atoms with Gasteiger partial charge in [0.15, 0.2) is 0 Å². The second-order valence-corrected chi connectivity index (χ2v) is 3.94. The predicted molar refractivity (Wildman–Crippen MR) is 54.8 cm³/mol. The molecule has 0 aromatic rings. The normalized spacial score (nSPS) is 20.7. The molecule has 0 aliphatic carbocycles. The van der Waals surface area contributed by atoms with Gasteiger partial charge in [0, 0.05) is 6.42 Å². The van der Waals surface area contributed by atoms with Gasteiger partial charge in [0.05, 0.1) is 6.54 Å². The third kappa shape index (κ3) is 4.41. The van der Waals surface area contributed by atoms with Crippen LogP contribution in [0.1, 0.15) is 45.4 Å². The van der Waals surface area contributed by atoms with Gasteiger partial charge in [-0.25, -0.2) is 0 Å². The lowest BCUT2D eigenvalue weighted by Crippen LogP contribution is -2.32. The first-order valence-corrected chi connectivity index (χ1v) is 5.57. The standard InChI is InChI=1S/C11H21NO/c1-2-11(13)10-12-8-6-4-3-5-7-9-12/h2-10H2,1H3. The zero-order valence-corrected chi connectivity index (χ0v) is 8.72. The molecule has 1 rings (SSSR count). The molecule has 0 atom stereocenters. The van der Waals surface area contributed by atoms with Crippen LogP contribution in [-0.4, -0.2) is 30.3 Å². The summed E-state index contributed by atoms with van der Waals surface area (Å²) in [5, 5.41) is 0. The first-order valence-electron chi connectivity index (χ1n) is 5.57. The highest BCUT2D eigenvalue weighted by molar-refractivity contribution is 5.80. The minimum absolute atomic E-state index is 0.389. The lowest BCUT2D eigenvalue weighted by Gasteiger charge is -2.23. The number of carbonyl (C=O) groups is 1. The van der Waals surface area contributed by atoms with Gasteiger partial charge in [0.1, 0.15) is 5.78 Å². The van der Waals surface area contributed by atoms with Gasteiger partial charge < -0.3 is 0 Å². The van der Waals surface area contributed by atoms with Crippen molar-refractivity contribution in [1.29, 1.82) is 0 Å². The van der Waals surface area contributed by atoms with Crippen LogP contribution in [0.3, 0.4) is 0 Å². The van der Waals surface area contributed by atoms with Crippen molar-refractivity contribution in [3.05, 3.63) is 0 Å². The summed E-state index contributed by atoms with van der Waals surface area (Å²) in [5.41, 5.74) is 0. The minimum atomic E-state index is 0.389. The summed E-state index contributed by atoms with van der Waals surface area (Å²) < 4.78 is 0. The Hall–Kier alpha value is -0.370. The molecule has 0 aromatic carbocycles. The van der Waals surface area contributed by atoms with Crippen LogP contribution in [0, 0.1) is 0 Å². The number of nitrogens with zero attached hydrogens (tertiary/aromatic N) is 1. The van der Waals surface area contributed by atoms with E-state index in [0.717, 1.165) is 13.1 Å². The average Bonchev–Trinajstić information content (AvgIpc) is 2.09. The maximum absolute atomic E-state index is 11.2. The van der Waals surface area contributed by atoms with Crippen molar-refractivity contribution in [3.8, 4) is 0 Å². The van der Waals surface area contributed by atoms with Gasteiger partial charge in [-0.2, -0.15) is 0 Å². The number of rotatable bonds is 3. The lowest BCUT2D eigenvalue weighted by molar-refractivity contribution is -0.120. The van der Waals surface area contributed by atoms with Gasteiger partial charge in [0.2, 0.25) is 0 Å². The topological polar surface area (TPSA) is 20.3 Å². The van der Waals surface area contributed by atoms with Crippen LogP contribution in [-0.2, 0) is 4.79 Å². The molecule has 0 unspecified atom stereocenters. The van der Waals surface area contributed by atoms with Crippen LogP contribution in [0.5, 0.6) is 0 Å². The molecule has 13 heavy (non-hydrogen) atoms. The maximum Gasteiger partial charge on any atom is 0.146 e. The van der Waals surface area contributed by atoms with Crippen LogP contribution in [0.2, 0.25) is 0 Å². The van der Waals surface area contributed by atoms with E-state index < -0.39 is 0 Å². The van der Waals surface area contributed by atoms with E-state index in [-0.39, 0.29) is 0 Å². The van der Waals surface area contributed by atoms with Gasteiger partial charge >= 0.3 is 0 Å². The third-order valence-electron chi connectivity index (χ3n) is 2.74. The van der Waals surface area contributed by atoms with Crippen LogP contribution in [0.4, 0.5) is 0 Å². The first-order chi connectivity index (χ1) is 6.33. The second kappa shape index (κ2) is 6.14. The van der Waals surface area contributed by atoms with Crippen molar-refractivity contribution in [1.82, 2.24) is 4.90 Å². The van der Waals surface area contributed by atoms with E-state index >= 15 is 0 Å². The lowest BCUT2D eigenvalue weighted by atomic mass is 10.1. The van der Waals surface area contributed by atoms with Crippen molar-refractivity contribution in [3.63, 3.8) is 0 Å². The summed E-state index contributed by atoms with van der Waals surface area (Å²) >= 11 is 0. The fourth-order valence-corrected chi connectivity index (χ4v) is 1.83. The Balaban J connectivity index is 2.25. The third-order valence-corrected chi connectivity index (χ3v) is 2.74. The molecule has 1 fully saturated rings. The zero-order valence-electron chi connectivity index (χ0n) is 8.72. The summed E-state index contributed by atoms with van der Waals surface area (Å²) in [6.45, 7) is 4.90. The van der Waals surface area contributed by atoms with Crippen molar-refractivity contribution in [2.75, 3.05) is 19.6 Å². The van der Waals surface area contributed by atoms with Crippen LogP contribution >= 0.6 is 0 Å². The molecule has 1 aliphatic rings. The molecule has 0 aromatic heterocycles. The number of hydrogen-bond acceptors (Lipinski definition) is 2. The van der Waals surface area contributed by atoms with Gasteiger partial charge in [-0.05, 0) is 25.9 Å². The fraction of sp³-hybridized carbons (Fsp3) is 0.909. The Morgan fingerprint density at radius 1 is 1.08 bits per heavy atom. The molecule has 0 amide bonds. The molecule has 2 nitrogen and oxygen atoms in total. The van der Waals surface area contributed by atoms with E-state index in [1.165, 1.54) is 32.1 Å². The Kier molecular flexibility index (Phi) is 5.06. The smallest absolute Gasteiger partial charge is 0.146 e.